The molecule has 152 valence electrons. The zero-order chi connectivity index (χ0) is 20.5. The molecule has 0 spiro atoms. The quantitative estimate of drug-likeness (QED) is 0.710. The second kappa shape index (κ2) is 7.93. The van der Waals surface area contributed by atoms with Crippen molar-refractivity contribution in [2.24, 2.45) is 0 Å². The van der Waals surface area contributed by atoms with Crippen molar-refractivity contribution in [1.29, 1.82) is 0 Å². The minimum absolute atomic E-state index is 0.121. The van der Waals surface area contributed by atoms with Gasteiger partial charge in [-0.25, -0.2) is 4.98 Å². The molecule has 0 aliphatic carbocycles. The van der Waals surface area contributed by atoms with Crippen LogP contribution < -0.4 is 9.64 Å². The molecule has 7 nitrogen and oxygen atoms in total. The first-order valence-electron chi connectivity index (χ1n) is 9.47. The van der Waals surface area contributed by atoms with E-state index in [1.165, 1.54) is 0 Å². The molecule has 2 aromatic heterocycles. The SMILES string of the molecule is COc1cc(CO)c(-c2cn3ccc(N4CCN(C(C)=O)CC4)cc3n2)cc1Cl. The number of aliphatic hydroxyl groups excluding tert-OH is 1. The fourth-order valence-corrected chi connectivity index (χ4v) is 3.94. The van der Waals surface area contributed by atoms with Crippen LogP contribution in [0, 0.1) is 0 Å². The number of ether oxygens (including phenoxy) is 1. The maximum absolute atomic E-state index is 11.5. The molecule has 4 rings (SSSR count). The number of hydrogen-bond donors (Lipinski definition) is 1. The van der Waals surface area contributed by atoms with Crippen LogP contribution in [-0.2, 0) is 11.4 Å². The van der Waals surface area contributed by atoms with E-state index in [0.29, 0.717) is 16.3 Å². The average molecular weight is 415 g/mol. The number of amides is 1. The molecule has 0 atom stereocenters. The zero-order valence-corrected chi connectivity index (χ0v) is 17.2. The van der Waals surface area contributed by atoms with Crippen LogP contribution in [0.3, 0.4) is 0 Å². The topological polar surface area (TPSA) is 70.3 Å². The van der Waals surface area contributed by atoms with Gasteiger partial charge < -0.3 is 24.0 Å². The number of fused-ring (bicyclic) bond motifs is 1. The molecule has 0 saturated carbocycles. The van der Waals surface area contributed by atoms with Crippen molar-refractivity contribution < 1.29 is 14.6 Å². The first-order valence-corrected chi connectivity index (χ1v) is 9.85. The third-order valence-corrected chi connectivity index (χ3v) is 5.65. The second-order valence-corrected chi connectivity index (χ2v) is 7.48. The average Bonchev–Trinajstić information content (AvgIpc) is 3.16. The number of aromatic nitrogens is 2. The van der Waals surface area contributed by atoms with Gasteiger partial charge in [-0.15, -0.1) is 0 Å². The maximum Gasteiger partial charge on any atom is 0.219 e. The summed E-state index contributed by atoms with van der Waals surface area (Å²) in [5.74, 6) is 0.645. The van der Waals surface area contributed by atoms with Crippen LogP contribution >= 0.6 is 11.6 Å². The third kappa shape index (κ3) is 3.75. The number of imidazole rings is 1. The number of nitrogens with zero attached hydrogens (tertiary/aromatic N) is 4. The Morgan fingerprint density at radius 2 is 2.00 bits per heavy atom. The van der Waals surface area contributed by atoms with Gasteiger partial charge >= 0.3 is 0 Å². The summed E-state index contributed by atoms with van der Waals surface area (Å²) >= 11 is 6.29. The largest absolute Gasteiger partial charge is 0.495 e. The zero-order valence-electron chi connectivity index (χ0n) is 16.4. The van der Waals surface area contributed by atoms with Gasteiger partial charge in [-0.2, -0.15) is 0 Å². The molecule has 1 saturated heterocycles. The molecule has 29 heavy (non-hydrogen) atoms. The smallest absolute Gasteiger partial charge is 0.219 e. The van der Waals surface area contributed by atoms with Crippen molar-refractivity contribution in [1.82, 2.24) is 14.3 Å². The first kappa shape index (κ1) is 19.5. The Bertz CT molecular complexity index is 1060. The number of aliphatic hydroxyl groups is 1. The van der Waals surface area contributed by atoms with E-state index < -0.39 is 0 Å². The van der Waals surface area contributed by atoms with Gasteiger partial charge in [0.15, 0.2) is 0 Å². The molecule has 0 unspecified atom stereocenters. The molecule has 0 bridgehead atoms. The normalized spacial score (nSPS) is 14.5. The molecule has 1 amide bonds. The lowest BCUT2D eigenvalue weighted by Crippen LogP contribution is -2.48. The van der Waals surface area contributed by atoms with Gasteiger partial charge in [-0.1, -0.05) is 11.6 Å². The molecule has 1 N–H and O–H groups in total. The summed E-state index contributed by atoms with van der Waals surface area (Å²) in [6.45, 7) is 4.52. The number of carbonyl (C=O) groups excluding carboxylic acids is 1. The van der Waals surface area contributed by atoms with Crippen LogP contribution in [0.2, 0.25) is 5.02 Å². The molecular weight excluding hydrogens is 392 g/mol. The van der Waals surface area contributed by atoms with E-state index in [9.17, 15) is 9.90 Å². The monoisotopic (exact) mass is 414 g/mol. The Kier molecular flexibility index (Phi) is 5.34. The van der Waals surface area contributed by atoms with Crippen LogP contribution in [0.5, 0.6) is 5.75 Å². The van der Waals surface area contributed by atoms with Crippen molar-refractivity contribution in [3.63, 3.8) is 0 Å². The lowest BCUT2D eigenvalue weighted by molar-refractivity contribution is -0.129. The summed E-state index contributed by atoms with van der Waals surface area (Å²) in [5.41, 5.74) is 4.10. The third-order valence-electron chi connectivity index (χ3n) is 5.36. The predicted molar refractivity (Wildman–Crippen MR) is 113 cm³/mol. The summed E-state index contributed by atoms with van der Waals surface area (Å²) in [7, 11) is 1.55. The number of hydrogen-bond acceptors (Lipinski definition) is 5. The Balaban J connectivity index is 1.65. The Morgan fingerprint density at radius 3 is 2.66 bits per heavy atom. The highest BCUT2D eigenvalue weighted by Gasteiger charge is 2.19. The summed E-state index contributed by atoms with van der Waals surface area (Å²) in [6, 6.07) is 7.60. The Hall–Kier alpha value is -2.77. The van der Waals surface area contributed by atoms with Gasteiger partial charge in [0.1, 0.15) is 11.4 Å². The molecule has 1 aliphatic heterocycles. The van der Waals surface area contributed by atoms with Gasteiger partial charge in [-0.05, 0) is 23.8 Å². The molecule has 3 aromatic rings. The van der Waals surface area contributed by atoms with E-state index in [0.717, 1.165) is 48.8 Å². The summed E-state index contributed by atoms with van der Waals surface area (Å²) in [5, 5.41) is 10.2. The number of carbonyl (C=O) groups is 1. The van der Waals surface area contributed by atoms with Crippen LogP contribution in [0.25, 0.3) is 16.9 Å². The Labute approximate surface area is 174 Å². The number of piperazine rings is 1. The fraction of sp³-hybridized carbons (Fsp3) is 0.333. The first-order chi connectivity index (χ1) is 14.0. The summed E-state index contributed by atoms with van der Waals surface area (Å²) < 4.78 is 7.19. The van der Waals surface area contributed by atoms with Gasteiger partial charge in [0.05, 0.1) is 24.4 Å². The molecule has 3 heterocycles. The minimum Gasteiger partial charge on any atom is -0.495 e. The number of methoxy groups -OCH3 is 1. The summed E-state index contributed by atoms with van der Waals surface area (Å²) in [4.78, 5) is 20.4. The van der Waals surface area contributed by atoms with E-state index in [4.69, 9.17) is 21.3 Å². The standard InChI is InChI=1S/C21H23ClN4O3/c1-14(28)24-5-7-25(8-6-24)16-3-4-26-12-19(23-21(26)10-16)17-11-18(22)20(29-2)9-15(17)13-27/h3-4,9-12,27H,5-8,13H2,1-2H3. The van der Waals surface area contributed by atoms with Crippen LogP contribution in [0.15, 0.2) is 36.7 Å². The van der Waals surface area contributed by atoms with Crippen molar-refractivity contribution in [3.05, 3.63) is 47.2 Å². The number of halogens is 1. The minimum atomic E-state index is -0.136. The highest BCUT2D eigenvalue weighted by Crippen LogP contribution is 2.34. The van der Waals surface area contributed by atoms with Crippen molar-refractivity contribution >= 4 is 28.8 Å². The number of pyridine rings is 1. The highest BCUT2D eigenvalue weighted by molar-refractivity contribution is 6.32. The lowest BCUT2D eigenvalue weighted by atomic mass is 10.1. The van der Waals surface area contributed by atoms with E-state index >= 15 is 0 Å². The number of rotatable bonds is 4. The van der Waals surface area contributed by atoms with E-state index in [-0.39, 0.29) is 12.5 Å². The molecular formula is C21H23ClN4O3. The molecule has 1 aliphatic rings. The van der Waals surface area contributed by atoms with E-state index in [1.807, 2.05) is 27.8 Å². The predicted octanol–water partition coefficient (Wildman–Crippen LogP) is 2.82. The highest BCUT2D eigenvalue weighted by atomic mass is 35.5. The van der Waals surface area contributed by atoms with Crippen molar-refractivity contribution in [2.45, 2.75) is 13.5 Å². The van der Waals surface area contributed by atoms with E-state index in [1.54, 1.807) is 26.2 Å². The van der Waals surface area contributed by atoms with Crippen molar-refractivity contribution in [2.75, 3.05) is 38.2 Å². The van der Waals surface area contributed by atoms with Crippen LogP contribution in [-0.4, -0.2) is 58.6 Å². The van der Waals surface area contributed by atoms with Gasteiger partial charge in [-0.3, -0.25) is 4.79 Å². The second-order valence-electron chi connectivity index (χ2n) is 7.07. The van der Waals surface area contributed by atoms with Gasteiger partial charge in [0.2, 0.25) is 5.91 Å². The summed E-state index contributed by atoms with van der Waals surface area (Å²) in [6.07, 6.45) is 3.90. The molecule has 1 fully saturated rings. The molecule has 1 aromatic carbocycles. The van der Waals surface area contributed by atoms with Crippen LogP contribution in [0.4, 0.5) is 5.69 Å². The maximum atomic E-state index is 11.5. The number of benzene rings is 1. The Morgan fingerprint density at radius 1 is 1.24 bits per heavy atom. The number of anilines is 1. The van der Waals surface area contributed by atoms with Crippen LogP contribution in [0.1, 0.15) is 12.5 Å². The van der Waals surface area contributed by atoms with Gasteiger partial charge in [0.25, 0.3) is 0 Å². The molecule has 8 heteroatoms. The fourth-order valence-electron chi connectivity index (χ4n) is 3.70. The molecule has 0 radical (unpaired) electrons. The van der Waals surface area contributed by atoms with E-state index in [2.05, 4.69) is 11.0 Å². The lowest BCUT2D eigenvalue weighted by Gasteiger charge is -2.35. The van der Waals surface area contributed by atoms with Crippen molar-refractivity contribution in [3.8, 4) is 17.0 Å². The van der Waals surface area contributed by atoms with Gasteiger partial charge in [0, 0.05) is 62.8 Å².